The Balaban J connectivity index is 1.39. The number of hydrogen-bond donors (Lipinski definition) is 2. The number of aromatic nitrogens is 1. The van der Waals surface area contributed by atoms with Gasteiger partial charge in [-0.2, -0.15) is 0 Å². The lowest BCUT2D eigenvalue weighted by atomic mass is 9.90. The van der Waals surface area contributed by atoms with Gasteiger partial charge in [0.1, 0.15) is 5.60 Å². The molecule has 0 atom stereocenters. The fourth-order valence-electron chi connectivity index (χ4n) is 3.45. The van der Waals surface area contributed by atoms with Crippen molar-refractivity contribution in [3.05, 3.63) is 30.1 Å². The van der Waals surface area contributed by atoms with Crippen LogP contribution in [0.15, 0.2) is 24.5 Å². The van der Waals surface area contributed by atoms with Crippen molar-refractivity contribution in [2.75, 3.05) is 52.5 Å². The third-order valence-electron chi connectivity index (χ3n) is 5.28. The van der Waals surface area contributed by atoms with Crippen LogP contribution in [-0.4, -0.2) is 89.8 Å². The zero-order valence-corrected chi connectivity index (χ0v) is 15.6. The van der Waals surface area contributed by atoms with Crippen LogP contribution in [0.1, 0.15) is 18.4 Å². The number of piperidine rings is 1. The van der Waals surface area contributed by atoms with Gasteiger partial charge < -0.3 is 20.1 Å². The van der Waals surface area contributed by atoms with Gasteiger partial charge in [0.2, 0.25) is 5.91 Å². The lowest BCUT2D eigenvalue weighted by Gasteiger charge is -2.37. The molecule has 3 heterocycles. The quantitative estimate of drug-likeness (QED) is 0.690. The van der Waals surface area contributed by atoms with E-state index in [1.54, 1.807) is 12.4 Å². The van der Waals surface area contributed by atoms with Crippen LogP contribution in [0, 0.1) is 0 Å². The molecule has 0 spiro atoms. The third kappa shape index (κ3) is 5.47. The lowest BCUT2D eigenvalue weighted by molar-refractivity contribution is -0.146. The van der Waals surface area contributed by atoms with Crippen molar-refractivity contribution >= 4 is 11.8 Å². The van der Waals surface area contributed by atoms with E-state index in [1.807, 2.05) is 21.9 Å². The molecule has 3 rings (SSSR count). The number of rotatable bonds is 6. The first kappa shape index (κ1) is 19.7. The predicted octanol–water partition coefficient (Wildman–Crippen LogP) is -0.574. The maximum absolute atomic E-state index is 12.4. The van der Waals surface area contributed by atoms with Gasteiger partial charge in [0, 0.05) is 45.1 Å². The number of morpholine rings is 1. The van der Waals surface area contributed by atoms with Crippen LogP contribution in [0.3, 0.4) is 0 Å². The van der Waals surface area contributed by atoms with E-state index in [-0.39, 0.29) is 11.8 Å². The van der Waals surface area contributed by atoms with Crippen molar-refractivity contribution in [3.63, 3.8) is 0 Å². The summed E-state index contributed by atoms with van der Waals surface area (Å²) in [5, 5.41) is 13.5. The van der Waals surface area contributed by atoms with Crippen molar-refractivity contribution in [2.24, 2.45) is 0 Å². The Morgan fingerprint density at radius 3 is 2.48 bits per heavy atom. The molecule has 8 nitrogen and oxygen atoms in total. The molecule has 1 aromatic heterocycles. The summed E-state index contributed by atoms with van der Waals surface area (Å²) in [6.07, 6.45) is 4.82. The van der Waals surface area contributed by atoms with Crippen molar-refractivity contribution in [2.45, 2.75) is 24.9 Å². The molecule has 2 aliphatic heterocycles. The standard InChI is InChI=1S/C19H28N4O4/c24-17(23-11-13-27-14-12-23)15-22-9-4-19(26,5-10-22)18(25)21-8-3-16-1-6-20-7-2-16/h1-2,6-7,26H,3-5,8-15H2,(H,21,25). The minimum atomic E-state index is -1.35. The molecule has 0 saturated carbocycles. The smallest absolute Gasteiger partial charge is 0.252 e. The minimum absolute atomic E-state index is 0.0885. The van der Waals surface area contributed by atoms with Crippen LogP contribution in [0.4, 0.5) is 0 Å². The number of hydrogen-bond acceptors (Lipinski definition) is 6. The molecule has 2 aliphatic rings. The number of nitrogens with zero attached hydrogens (tertiary/aromatic N) is 3. The van der Waals surface area contributed by atoms with E-state index in [0.717, 1.165) is 5.56 Å². The van der Waals surface area contributed by atoms with Gasteiger partial charge in [-0.15, -0.1) is 0 Å². The normalized spacial score (nSPS) is 20.3. The first-order valence-corrected chi connectivity index (χ1v) is 9.54. The molecule has 148 valence electrons. The number of aliphatic hydroxyl groups is 1. The molecule has 0 aromatic carbocycles. The number of pyridine rings is 1. The van der Waals surface area contributed by atoms with E-state index in [9.17, 15) is 14.7 Å². The second-order valence-corrected chi connectivity index (χ2v) is 7.16. The molecule has 2 saturated heterocycles. The van der Waals surface area contributed by atoms with Gasteiger partial charge in [-0.3, -0.25) is 19.5 Å². The van der Waals surface area contributed by atoms with Gasteiger partial charge in [-0.25, -0.2) is 0 Å². The Hall–Kier alpha value is -2.03. The Labute approximate surface area is 159 Å². The summed E-state index contributed by atoms with van der Waals surface area (Å²) in [6.45, 7) is 4.32. The van der Waals surface area contributed by atoms with E-state index in [1.165, 1.54) is 0 Å². The van der Waals surface area contributed by atoms with Gasteiger partial charge >= 0.3 is 0 Å². The summed E-state index contributed by atoms with van der Waals surface area (Å²) < 4.78 is 5.27. The Bertz CT molecular complexity index is 626. The molecule has 8 heteroatoms. The van der Waals surface area contributed by atoms with Crippen LogP contribution in [0.5, 0.6) is 0 Å². The molecule has 2 N–H and O–H groups in total. The van der Waals surface area contributed by atoms with E-state index in [2.05, 4.69) is 10.3 Å². The van der Waals surface area contributed by atoms with E-state index < -0.39 is 5.60 Å². The average Bonchev–Trinajstić information content (AvgIpc) is 2.71. The van der Waals surface area contributed by atoms with Crippen LogP contribution in [0.2, 0.25) is 0 Å². The maximum atomic E-state index is 12.4. The highest BCUT2D eigenvalue weighted by Crippen LogP contribution is 2.22. The van der Waals surface area contributed by atoms with Crippen LogP contribution in [-0.2, 0) is 20.7 Å². The Morgan fingerprint density at radius 2 is 1.81 bits per heavy atom. The average molecular weight is 376 g/mol. The monoisotopic (exact) mass is 376 g/mol. The highest BCUT2D eigenvalue weighted by molar-refractivity contribution is 5.85. The first-order chi connectivity index (χ1) is 13.1. The molecule has 2 fully saturated rings. The van der Waals surface area contributed by atoms with Gasteiger partial charge in [0.15, 0.2) is 0 Å². The molecule has 1 aromatic rings. The fraction of sp³-hybridized carbons (Fsp3) is 0.632. The van der Waals surface area contributed by atoms with Crippen LogP contribution in [0.25, 0.3) is 0 Å². The van der Waals surface area contributed by atoms with Crippen molar-refractivity contribution in [1.29, 1.82) is 0 Å². The maximum Gasteiger partial charge on any atom is 0.252 e. The van der Waals surface area contributed by atoms with E-state index >= 15 is 0 Å². The molecule has 0 bridgehead atoms. The summed E-state index contributed by atoms with van der Waals surface area (Å²) in [5.41, 5.74) is -0.259. The predicted molar refractivity (Wildman–Crippen MR) is 99.0 cm³/mol. The SMILES string of the molecule is O=C(CN1CCC(O)(C(=O)NCCc2ccncc2)CC1)N1CCOCC1. The zero-order valence-electron chi connectivity index (χ0n) is 15.6. The molecule has 0 aliphatic carbocycles. The largest absolute Gasteiger partial charge is 0.380 e. The zero-order chi connectivity index (χ0) is 19.1. The molecular weight excluding hydrogens is 348 g/mol. The second-order valence-electron chi connectivity index (χ2n) is 7.16. The van der Waals surface area contributed by atoms with E-state index in [4.69, 9.17) is 4.74 Å². The van der Waals surface area contributed by atoms with Crippen molar-refractivity contribution in [3.8, 4) is 0 Å². The van der Waals surface area contributed by atoms with Crippen LogP contribution >= 0.6 is 0 Å². The minimum Gasteiger partial charge on any atom is -0.380 e. The summed E-state index contributed by atoms with van der Waals surface area (Å²) in [6, 6.07) is 3.82. The summed E-state index contributed by atoms with van der Waals surface area (Å²) in [4.78, 5) is 32.5. The van der Waals surface area contributed by atoms with Gasteiger partial charge in [0.25, 0.3) is 5.91 Å². The number of carbonyl (C=O) groups excluding carboxylic acids is 2. The Morgan fingerprint density at radius 1 is 1.15 bits per heavy atom. The molecular formula is C19H28N4O4. The molecule has 0 unspecified atom stereocenters. The number of ether oxygens (including phenoxy) is 1. The highest BCUT2D eigenvalue weighted by Gasteiger charge is 2.39. The van der Waals surface area contributed by atoms with Gasteiger partial charge in [0.05, 0.1) is 19.8 Å². The van der Waals surface area contributed by atoms with E-state index in [0.29, 0.717) is 71.7 Å². The fourth-order valence-corrected chi connectivity index (χ4v) is 3.45. The molecule has 0 radical (unpaired) electrons. The van der Waals surface area contributed by atoms with Crippen LogP contribution < -0.4 is 5.32 Å². The molecule has 27 heavy (non-hydrogen) atoms. The number of amides is 2. The lowest BCUT2D eigenvalue weighted by Crippen LogP contribution is -2.55. The van der Waals surface area contributed by atoms with Crippen molar-refractivity contribution < 1.29 is 19.4 Å². The first-order valence-electron chi connectivity index (χ1n) is 9.54. The summed E-state index contributed by atoms with van der Waals surface area (Å²) in [5.74, 6) is -0.235. The summed E-state index contributed by atoms with van der Waals surface area (Å²) in [7, 11) is 0. The third-order valence-corrected chi connectivity index (χ3v) is 5.28. The number of carbonyl (C=O) groups is 2. The highest BCUT2D eigenvalue weighted by atomic mass is 16.5. The van der Waals surface area contributed by atoms with Gasteiger partial charge in [-0.05, 0) is 37.0 Å². The number of nitrogens with one attached hydrogen (secondary N) is 1. The van der Waals surface area contributed by atoms with Gasteiger partial charge in [-0.1, -0.05) is 0 Å². The summed E-state index contributed by atoms with van der Waals surface area (Å²) >= 11 is 0. The van der Waals surface area contributed by atoms with Crippen molar-refractivity contribution in [1.82, 2.24) is 20.1 Å². The topological polar surface area (TPSA) is 95.0 Å². The molecule has 2 amide bonds. The second kappa shape index (κ2) is 9.25. The number of likely N-dealkylation sites (tertiary alicyclic amines) is 1. The Kier molecular flexibility index (Phi) is 6.76.